The Kier molecular flexibility index (Phi) is 2.31. The van der Waals surface area contributed by atoms with E-state index in [0.29, 0.717) is 0 Å². The Morgan fingerprint density at radius 3 is 2.71 bits per heavy atom. The fraction of sp³-hybridized carbons (Fsp3) is 0.333. The number of hydrogen-bond acceptors (Lipinski definition) is 2. The van der Waals surface area contributed by atoms with Gasteiger partial charge in [0.2, 0.25) is 0 Å². The first-order valence-electron chi connectivity index (χ1n) is 4.73. The minimum Gasteiger partial charge on any atom is -0.464 e. The van der Waals surface area contributed by atoms with Crippen molar-refractivity contribution < 1.29 is 4.42 Å². The van der Waals surface area contributed by atoms with E-state index < -0.39 is 0 Å². The number of fused-ring (bicyclic) bond motifs is 1. The standard InChI is InChI=1S/C12H14OS/c1-12(2,8-14)10-7-13-11-6-4-3-5-9(10)11/h3-7,14H,8H2,1-2H3. The molecule has 1 aromatic heterocycles. The van der Waals surface area contributed by atoms with Crippen molar-refractivity contribution in [2.24, 2.45) is 0 Å². The number of furan rings is 1. The summed E-state index contributed by atoms with van der Waals surface area (Å²) in [6.07, 6.45) is 1.85. The van der Waals surface area contributed by atoms with Crippen molar-refractivity contribution in [3.63, 3.8) is 0 Å². The molecule has 0 saturated carbocycles. The maximum Gasteiger partial charge on any atom is 0.134 e. The molecule has 0 N–H and O–H groups in total. The second kappa shape index (κ2) is 3.35. The average Bonchev–Trinajstić information content (AvgIpc) is 2.61. The monoisotopic (exact) mass is 206 g/mol. The summed E-state index contributed by atoms with van der Waals surface area (Å²) < 4.78 is 5.50. The predicted octanol–water partition coefficient (Wildman–Crippen LogP) is 3.64. The highest BCUT2D eigenvalue weighted by Gasteiger charge is 2.22. The van der Waals surface area contributed by atoms with Crippen LogP contribution in [0.1, 0.15) is 19.4 Å². The Balaban J connectivity index is 2.64. The maximum atomic E-state index is 5.50. The molecular weight excluding hydrogens is 192 g/mol. The van der Waals surface area contributed by atoms with Gasteiger partial charge in [0.05, 0.1) is 6.26 Å². The Morgan fingerprint density at radius 1 is 1.29 bits per heavy atom. The molecule has 0 fully saturated rings. The van der Waals surface area contributed by atoms with E-state index in [4.69, 9.17) is 4.42 Å². The zero-order valence-electron chi connectivity index (χ0n) is 8.45. The Morgan fingerprint density at radius 2 is 2.00 bits per heavy atom. The van der Waals surface area contributed by atoms with Crippen molar-refractivity contribution in [1.29, 1.82) is 0 Å². The minimum absolute atomic E-state index is 0.0652. The first kappa shape index (κ1) is 9.66. The average molecular weight is 206 g/mol. The van der Waals surface area contributed by atoms with Crippen LogP contribution in [0.25, 0.3) is 11.0 Å². The first-order chi connectivity index (χ1) is 6.65. The van der Waals surface area contributed by atoms with Gasteiger partial charge in [0.15, 0.2) is 0 Å². The lowest BCUT2D eigenvalue weighted by Gasteiger charge is -2.20. The van der Waals surface area contributed by atoms with Gasteiger partial charge in [-0.2, -0.15) is 12.6 Å². The van der Waals surface area contributed by atoms with Gasteiger partial charge in [-0.15, -0.1) is 0 Å². The van der Waals surface area contributed by atoms with Gasteiger partial charge in [-0.1, -0.05) is 32.0 Å². The van der Waals surface area contributed by atoms with Gasteiger partial charge in [-0.25, -0.2) is 0 Å². The summed E-state index contributed by atoms with van der Waals surface area (Å²) in [5.74, 6) is 0.816. The molecule has 1 nitrogen and oxygen atoms in total. The molecule has 0 atom stereocenters. The van der Waals surface area contributed by atoms with Crippen LogP contribution in [0.15, 0.2) is 34.9 Å². The number of rotatable bonds is 2. The van der Waals surface area contributed by atoms with Crippen molar-refractivity contribution in [1.82, 2.24) is 0 Å². The van der Waals surface area contributed by atoms with Crippen LogP contribution < -0.4 is 0 Å². The molecule has 0 aliphatic carbocycles. The molecule has 0 aliphatic rings. The van der Waals surface area contributed by atoms with Crippen LogP contribution in [-0.2, 0) is 5.41 Å². The van der Waals surface area contributed by atoms with E-state index in [1.807, 2.05) is 24.5 Å². The smallest absolute Gasteiger partial charge is 0.134 e. The second-order valence-corrected chi connectivity index (χ2v) is 4.50. The molecule has 2 heteroatoms. The van der Waals surface area contributed by atoms with Gasteiger partial charge in [0.25, 0.3) is 0 Å². The van der Waals surface area contributed by atoms with Gasteiger partial charge in [-0.05, 0) is 11.8 Å². The van der Waals surface area contributed by atoms with E-state index in [2.05, 4.69) is 32.5 Å². The van der Waals surface area contributed by atoms with Crippen molar-refractivity contribution in [3.05, 3.63) is 36.1 Å². The van der Waals surface area contributed by atoms with Crippen LogP contribution in [0.4, 0.5) is 0 Å². The summed E-state index contributed by atoms with van der Waals surface area (Å²) >= 11 is 4.37. The summed E-state index contributed by atoms with van der Waals surface area (Å²) in [5.41, 5.74) is 2.26. The van der Waals surface area contributed by atoms with Gasteiger partial charge < -0.3 is 4.42 Å². The molecule has 1 heterocycles. The number of para-hydroxylation sites is 1. The first-order valence-corrected chi connectivity index (χ1v) is 5.36. The molecule has 0 saturated heterocycles. The Labute approximate surface area is 89.5 Å². The van der Waals surface area contributed by atoms with Crippen LogP contribution in [0.2, 0.25) is 0 Å². The van der Waals surface area contributed by atoms with Crippen LogP contribution in [0.3, 0.4) is 0 Å². The molecule has 0 spiro atoms. The van der Waals surface area contributed by atoms with Crippen molar-refractivity contribution in [2.75, 3.05) is 5.75 Å². The lowest BCUT2D eigenvalue weighted by molar-refractivity contribution is 0.564. The highest BCUT2D eigenvalue weighted by molar-refractivity contribution is 7.80. The minimum atomic E-state index is 0.0652. The van der Waals surface area contributed by atoms with Crippen molar-refractivity contribution >= 4 is 23.6 Å². The van der Waals surface area contributed by atoms with E-state index in [0.717, 1.165) is 11.3 Å². The van der Waals surface area contributed by atoms with Crippen LogP contribution in [-0.4, -0.2) is 5.75 Å². The molecule has 2 aromatic rings. The SMILES string of the molecule is CC(C)(CS)c1coc2ccccc12. The molecule has 0 unspecified atom stereocenters. The summed E-state index contributed by atoms with van der Waals surface area (Å²) in [6, 6.07) is 8.12. The zero-order chi connectivity index (χ0) is 10.2. The summed E-state index contributed by atoms with van der Waals surface area (Å²) in [7, 11) is 0. The molecule has 0 bridgehead atoms. The highest BCUT2D eigenvalue weighted by Crippen LogP contribution is 2.32. The fourth-order valence-corrected chi connectivity index (χ4v) is 1.76. The van der Waals surface area contributed by atoms with Crippen LogP contribution in [0, 0.1) is 0 Å². The van der Waals surface area contributed by atoms with Gasteiger partial charge in [0.1, 0.15) is 5.58 Å². The molecule has 74 valence electrons. The van der Waals surface area contributed by atoms with E-state index in [-0.39, 0.29) is 5.41 Å². The van der Waals surface area contributed by atoms with Crippen molar-refractivity contribution in [2.45, 2.75) is 19.3 Å². The predicted molar refractivity (Wildman–Crippen MR) is 63.1 cm³/mol. The largest absolute Gasteiger partial charge is 0.464 e. The van der Waals surface area contributed by atoms with Gasteiger partial charge >= 0.3 is 0 Å². The second-order valence-electron chi connectivity index (χ2n) is 4.19. The number of benzene rings is 1. The van der Waals surface area contributed by atoms with Crippen LogP contribution in [0.5, 0.6) is 0 Å². The molecule has 0 amide bonds. The zero-order valence-corrected chi connectivity index (χ0v) is 9.34. The third kappa shape index (κ3) is 1.44. The fourth-order valence-electron chi connectivity index (χ4n) is 1.59. The third-order valence-electron chi connectivity index (χ3n) is 2.61. The molecule has 2 rings (SSSR count). The normalized spacial score (nSPS) is 12.2. The molecule has 14 heavy (non-hydrogen) atoms. The van der Waals surface area contributed by atoms with Crippen LogP contribution >= 0.6 is 12.6 Å². The quantitative estimate of drug-likeness (QED) is 0.740. The maximum absolute atomic E-state index is 5.50. The molecule has 1 aromatic carbocycles. The molecular formula is C12H14OS. The topological polar surface area (TPSA) is 13.1 Å². The number of hydrogen-bond donors (Lipinski definition) is 1. The summed E-state index contributed by atoms with van der Waals surface area (Å²) in [4.78, 5) is 0. The lowest BCUT2D eigenvalue weighted by Crippen LogP contribution is -2.18. The van der Waals surface area contributed by atoms with Gasteiger partial charge in [-0.3, -0.25) is 0 Å². The van der Waals surface area contributed by atoms with E-state index in [1.165, 1.54) is 10.9 Å². The number of thiol groups is 1. The Bertz CT molecular complexity index is 442. The van der Waals surface area contributed by atoms with E-state index >= 15 is 0 Å². The third-order valence-corrected chi connectivity index (χ3v) is 3.40. The van der Waals surface area contributed by atoms with Gasteiger partial charge in [0, 0.05) is 16.4 Å². The van der Waals surface area contributed by atoms with E-state index in [1.54, 1.807) is 0 Å². The summed E-state index contributed by atoms with van der Waals surface area (Å²) in [6.45, 7) is 4.36. The summed E-state index contributed by atoms with van der Waals surface area (Å²) in [5, 5.41) is 1.20. The molecule has 0 radical (unpaired) electrons. The van der Waals surface area contributed by atoms with E-state index in [9.17, 15) is 0 Å². The van der Waals surface area contributed by atoms with Crippen molar-refractivity contribution in [3.8, 4) is 0 Å². The molecule has 0 aliphatic heterocycles. The Hall–Kier alpha value is -0.890. The lowest BCUT2D eigenvalue weighted by atomic mass is 9.86. The highest BCUT2D eigenvalue weighted by atomic mass is 32.1.